The Bertz CT molecular complexity index is 385. The van der Waals surface area contributed by atoms with Gasteiger partial charge in [0.25, 0.3) is 10.1 Å². The largest absolute Gasteiger partial charge is 0.396 e. The molecule has 2 N–H and O–H groups in total. The van der Waals surface area contributed by atoms with Crippen molar-refractivity contribution in [3.8, 4) is 0 Å². The van der Waals surface area contributed by atoms with Crippen LogP contribution in [0.3, 0.4) is 0 Å². The maximum Gasteiger partial charge on any atom is 0.264 e. The average molecular weight is 336 g/mol. The van der Waals surface area contributed by atoms with Gasteiger partial charge < -0.3 is 10.2 Å². The zero-order valence-electron chi connectivity index (χ0n) is 13.9. The van der Waals surface area contributed by atoms with Crippen molar-refractivity contribution >= 4 is 10.1 Å². The van der Waals surface area contributed by atoms with Crippen molar-refractivity contribution in [3.63, 3.8) is 0 Å². The van der Waals surface area contributed by atoms with E-state index in [0.29, 0.717) is 30.3 Å². The molecule has 2 fully saturated rings. The zero-order chi connectivity index (χ0) is 16.6. The molecule has 2 aliphatic rings. The van der Waals surface area contributed by atoms with Crippen LogP contribution < -0.4 is 0 Å². The predicted molar refractivity (Wildman–Crippen MR) is 86.9 cm³/mol. The van der Waals surface area contributed by atoms with E-state index >= 15 is 0 Å². The fourth-order valence-electron chi connectivity index (χ4n) is 3.68. The highest BCUT2D eigenvalue weighted by Gasteiger charge is 2.27. The summed E-state index contributed by atoms with van der Waals surface area (Å²) in [5, 5.41) is 17.5. The van der Waals surface area contributed by atoms with Gasteiger partial charge in [0.2, 0.25) is 0 Å². The Morgan fingerprint density at radius 3 is 1.77 bits per heavy atom. The van der Waals surface area contributed by atoms with Crippen molar-refractivity contribution < 1.29 is 22.8 Å². The molecule has 0 heterocycles. The lowest BCUT2D eigenvalue weighted by Crippen LogP contribution is -2.16. The maximum absolute atomic E-state index is 10.8. The summed E-state index contributed by atoms with van der Waals surface area (Å²) in [5.74, 6) is 1.89. The summed E-state index contributed by atoms with van der Waals surface area (Å²) in [6.07, 6.45) is 9.19. The summed E-state index contributed by atoms with van der Waals surface area (Å²) in [6.45, 7) is 3.05. The van der Waals surface area contributed by atoms with Gasteiger partial charge in [-0.25, -0.2) is 0 Å². The molecule has 2 aliphatic carbocycles. The predicted octanol–water partition coefficient (Wildman–Crippen LogP) is 2.18. The normalized spacial score (nSPS) is 31.8. The van der Waals surface area contributed by atoms with Crippen LogP contribution in [-0.2, 0) is 14.3 Å². The summed E-state index contributed by atoms with van der Waals surface area (Å²) < 4.78 is 26.3. The Morgan fingerprint density at radius 2 is 1.36 bits per heavy atom. The van der Waals surface area contributed by atoms with Crippen molar-refractivity contribution in [2.45, 2.75) is 51.9 Å². The Balaban J connectivity index is 0.000000235. The highest BCUT2D eigenvalue weighted by Crippen LogP contribution is 2.34. The van der Waals surface area contributed by atoms with Crippen LogP contribution in [0.4, 0.5) is 0 Å². The SMILES string of the molecule is CC[C@H]1CCC[C@@H]1COS(C)(=O)=O.OC[C@H]1CCC[C@@H]1CO. The molecular formula is C16H32O5S. The van der Waals surface area contributed by atoms with Gasteiger partial charge in [-0.2, -0.15) is 8.42 Å². The summed E-state index contributed by atoms with van der Waals surface area (Å²) in [4.78, 5) is 0. The van der Waals surface area contributed by atoms with Crippen molar-refractivity contribution in [2.75, 3.05) is 26.1 Å². The van der Waals surface area contributed by atoms with Gasteiger partial charge >= 0.3 is 0 Å². The molecule has 0 aliphatic heterocycles. The van der Waals surface area contributed by atoms with Gasteiger partial charge in [0, 0.05) is 13.2 Å². The smallest absolute Gasteiger partial charge is 0.264 e. The maximum atomic E-state index is 10.8. The highest BCUT2D eigenvalue weighted by molar-refractivity contribution is 7.85. The fraction of sp³-hybridized carbons (Fsp3) is 1.00. The summed E-state index contributed by atoms with van der Waals surface area (Å²) >= 11 is 0. The van der Waals surface area contributed by atoms with E-state index in [-0.39, 0.29) is 13.2 Å². The van der Waals surface area contributed by atoms with Gasteiger partial charge in [0.05, 0.1) is 12.9 Å². The third-order valence-corrected chi connectivity index (χ3v) is 5.69. The quantitative estimate of drug-likeness (QED) is 0.726. The van der Waals surface area contributed by atoms with Gasteiger partial charge in [-0.1, -0.05) is 32.6 Å². The van der Waals surface area contributed by atoms with Crippen LogP contribution in [0.1, 0.15) is 51.9 Å². The van der Waals surface area contributed by atoms with E-state index in [9.17, 15) is 8.42 Å². The van der Waals surface area contributed by atoms with E-state index in [4.69, 9.17) is 14.4 Å². The standard InChI is InChI=1S/C9H18O3S.C7H14O2/c1-3-8-5-4-6-9(8)7-12-13(2,10)11;8-4-6-2-1-3-7(6)5-9/h8-9H,3-7H2,1-2H3;6-9H,1-5H2/t8-,9+;6-,7-/m01/s1. The van der Waals surface area contributed by atoms with Gasteiger partial charge in [-0.3, -0.25) is 4.18 Å². The first-order chi connectivity index (χ1) is 10.4. The van der Waals surface area contributed by atoms with E-state index < -0.39 is 10.1 Å². The van der Waals surface area contributed by atoms with Crippen LogP contribution in [0.5, 0.6) is 0 Å². The van der Waals surface area contributed by atoms with Gasteiger partial charge in [-0.15, -0.1) is 0 Å². The highest BCUT2D eigenvalue weighted by atomic mass is 32.2. The van der Waals surface area contributed by atoms with E-state index in [1.54, 1.807) is 0 Å². The molecule has 0 radical (unpaired) electrons. The first-order valence-electron chi connectivity index (χ1n) is 8.47. The molecule has 0 aromatic rings. The molecule has 22 heavy (non-hydrogen) atoms. The first-order valence-corrected chi connectivity index (χ1v) is 10.3. The van der Waals surface area contributed by atoms with Crippen LogP contribution in [0, 0.1) is 23.7 Å². The topological polar surface area (TPSA) is 83.8 Å². The van der Waals surface area contributed by atoms with E-state index in [1.165, 1.54) is 19.3 Å². The monoisotopic (exact) mass is 336 g/mol. The average Bonchev–Trinajstić information content (AvgIpc) is 3.12. The molecule has 0 bridgehead atoms. The first kappa shape index (κ1) is 19.9. The second kappa shape index (κ2) is 9.85. The molecule has 0 spiro atoms. The third kappa shape index (κ3) is 6.94. The molecule has 132 valence electrons. The van der Waals surface area contributed by atoms with E-state index in [0.717, 1.165) is 31.9 Å². The minimum Gasteiger partial charge on any atom is -0.396 e. The molecule has 0 saturated heterocycles. The Kier molecular flexibility index (Phi) is 8.90. The molecule has 6 heteroatoms. The van der Waals surface area contributed by atoms with E-state index in [1.807, 2.05) is 0 Å². The van der Waals surface area contributed by atoms with Crippen LogP contribution in [0.15, 0.2) is 0 Å². The lowest BCUT2D eigenvalue weighted by molar-refractivity contribution is 0.141. The van der Waals surface area contributed by atoms with Gasteiger partial charge in [0.15, 0.2) is 0 Å². The van der Waals surface area contributed by atoms with Crippen LogP contribution in [0.25, 0.3) is 0 Å². The molecule has 2 rings (SSSR count). The molecule has 2 saturated carbocycles. The molecule has 0 aromatic carbocycles. The molecular weight excluding hydrogens is 304 g/mol. The summed E-state index contributed by atoms with van der Waals surface area (Å²) in [5.41, 5.74) is 0. The van der Waals surface area contributed by atoms with Crippen LogP contribution in [0.2, 0.25) is 0 Å². The molecule has 0 aromatic heterocycles. The number of hydrogen-bond donors (Lipinski definition) is 2. The van der Waals surface area contributed by atoms with Crippen molar-refractivity contribution in [2.24, 2.45) is 23.7 Å². The molecule has 0 amide bonds. The molecule has 4 atom stereocenters. The Labute approximate surface area is 135 Å². The summed E-state index contributed by atoms with van der Waals surface area (Å²) in [6, 6.07) is 0. The second-order valence-corrected chi connectivity index (χ2v) is 8.31. The second-order valence-electron chi connectivity index (χ2n) is 6.66. The lowest BCUT2D eigenvalue weighted by Gasteiger charge is -2.16. The number of rotatable bonds is 6. The minimum absolute atomic E-state index is 0.255. The van der Waals surface area contributed by atoms with Crippen molar-refractivity contribution in [1.29, 1.82) is 0 Å². The third-order valence-electron chi connectivity index (χ3n) is 5.12. The lowest BCUT2D eigenvalue weighted by atomic mass is 9.95. The van der Waals surface area contributed by atoms with Crippen molar-refractivity contribution in [3.05, 3.63) is 0 Å². The van der Waals surface area contributed by atoms with Gasteiger partial charge in [0.1, 0.15) is 0 Å². The fourth-order valence-corrected chi connectivity index (χ4v) is 4.10. The summed E-state index contributed by atoms with van der Waals surface area (Å²) in [7, 11) is -3.24. The Morgan fingerprint density at radius 1 is 0.909 bits per heavy atom. The zero-order valence-corrected chi connectivity index (χ0v) is 14.7. The van der Waals surface area contributed by atoms with Crippen molar-refractivity contribution in [1.82, 2.24) is 0 Å². The number of aliphatic hydroxyl groups excluding tert-OH is 2. The van der Waals surface area contributed by atoms with Crippen LogP contribution in [-0.4, -0.2) is 44.7 Å². The van der Waals surface area contributed by atoms with Crippen LogP contribution >= 0.6 is 0 Å². The Hall–Kier alpha value is -0.170. The molecule has 0 unspecified atom stereocenters. The number of aliphatic hydroxyl groups is 2. The minimum atomic E-state index is -3.24. The molecule has 5 nitrogen and oxygen atoms in total. The van der Waals surface area contributed by atoms with E-state index in [2.05, 4.69) is 6.92 Å². The van der Waals surface area contributed by atoms with Gasteiger partial charge in [-0.05, 0) is 42.9 Å². The number of hydrogen-bond acceptors (Lipinski definition) is 5.